The highest BCUT2D eigenvalue weighted by Gasteiger charge is 2.38. The molecule has 2 aliphatic carbocycles. The molecular weight excluding hydrogens is 274 g/mol. The Morgan fingerprint density at radius 3 is 2.68 bits per heavy atom. The van der Waals surface area contributed by atoms with Crippen molar-refractivity contribution in [3.05, 3.63) is 63.6 Å². The highest BCUT2D eigenvalue weighted by Crippen LogP contribution is 2.41. The molecule has 4 heteroatoms. The summed E-state index contributed by atoms with van der Waals surface area (Å²) < 4.78 is 1.59. The van der Waals surface area contributed by atoms with Gasteiger partial charge >= 0.3 is 0 Å². The van der Waals surface area contributed by atoms with Crippen molar-refractivity contribution < 1.29 is 0 Å². The molecule has 114 valence electrons. The van der Waals surface area contributed by atoms with Crippen molar-refractivity contribution in [1.82, 2.24) is 15.1 Å². The van der Waals surface area contributed by atoms with Crippen LogP contribution < -0.4 is 10.9 Å². The summed E-state index contributed by atoms with van der Waals surface area (Å²) in [7, 11) is 0. The molecule has 1 aromatic carbocycles. The lowest BCUT2D eigenvalue weighted by Gasteiger charge is -2.43. The second-order valence-corrected chi connectivity index (χ2v) is 6.44. The fourth-order valence-corrected chi connectivity index (χ4v) is 3.63. The maximum Gasteiger partial charge on any atom is 0.268 e. The normalized spacial score (nSPS) is 18.7. The van der Waals surface area contributed by atoms with Crippen molar-refractivity contribution in [3.63, 3.8) is 0 Å². The van der Waals surface area contributed by atoms with Gasteiger partial charge in [0, 0.05) is 11.6 Å². The standard InChI is InChI=1S/C18H21N3O/c22-17-12-14-6-4-9-16(14)20-21(17)13-19-18(10-5-11-18)15-7-2-1-3-8-15/h1-3,7-8,12,19H,4-6,9-11,13H2. The number of hydrogen-bond acceptors (Lipinski definition) is 3. The summed E-state index contributed by atoms with van der Waals surface area (Å²) >= 11 is 0. The fourth-order valence-electron chi connectivity index (χ4n) is 3.63. The second-order valence-electron chi connectivity index (χ2n) is 6.44. The van der Waals surface area contributed by atoms with Crippen LogP contribution in [-0.4, -0.2) is 9.78 Å². The highest BCUT2D eigenvalue weighted by molar-refractivity contribution is 5.27. The smallest absolute Gasteiger partial charge is 0.268 e. The van der Waals surface area contributed by atoms with Crippen LogP contribution in [0.5, 0.6) is 0 Å². The zero-order valence-electron chi connectivity index (χ0n) is 12.7. The number of nitrogens with one attached hydrogen (secondary N) is 1. The molecule has 0 amide bonds. The predicted molar refractivity (Wildman–Crippen MR) is 85.6 cm³/mol. The van der Waals surface area contributed by atoms with E-state index >= 15 is 0 Å². The van der Waals surface area contributed by atoms with E-state index in [2.05, 4.69) is 34.7 Å². The van der Waals surface area contributed by atoms with Gasteiger partial charge in [-0.05, 0) is 49.7 Å². The summed E-state index contributed by atoms with van der Waals surface area (Å²) in [5.41, 5.74) is 3.58. The van der Waals surface area contributed by atoms with E-state index in [0.717, 1.165) is 43.4 Å². The van der Waals surface area contributed by atoms with Gasteiger partial charge in [0.25, 0.3) is 5.56 Å². The second kappa shape index (κ2) is 5.36. The predicted octanol–water partition coefficient (Wildman–Crippen LogP) is 2.36. The fraction of sp³-hybridized carbons (Fsp3) is 0.444. The van der Waals surface area contributed by atoms with Gasteiger partial charge in [0.15, 0.2) is 0 Å². The zero-order chi connectivity index (χ0) is 15.0. The number of benzene rings is 1. The van der Waals surface area contributed by atoms with Crippen LogP contribution in [0.3, 0.4) is 0 Å². The van der Waals surface area contributed by atoms with Crippen molar-refractivity contribution in [2.24, 2.45) is 0 Å². The zero-order valence-corrected chi connectivity index (χ0v) is 12.7. The molecule has 22 heavy (non-hydrogen) atoms. The van der Waals surface area contributed by atoms with Crippen LogP contribution in [0, 0.1) is 0 Å². The van der Waals surface area contributed by atoms with E-state index in [0.29, 0.717) is 6.67 Å². The number of fused-ring (bicyclic) bond motifs is 1. The molecule has 4 nitrogen and oxygen atoms in total. The number of aryl methyl sites for hydroxylation is 2. The third-order valence-corrected chi connectivity index (χ3v) is 5.12. The van der Waals surface area contributed by atoms with Crippen molar-refractivity contribution in [2.75, 3.05) is 0 Å². The Balaban J connectivity index is 1.56. The lowest BCUT2D eigenvalue weighted by molar-refractivity contribution is 0.165. The molecule has 1 fully saturated rings. The Morgan fingerprint density at radius 2 is 1.95 bits per heavy atom. The topological polar surface area (TPSA) is 46.9 Å². The van der Waals surface area contributed by atoms with Crippen LogP contribution in [0.25, 0.3) is 0 Å². The first-order valence-electron chi connectivity index (χ1n) is 8.17. The van der Waals surface area contributed by atoms with Crippen LogP contribution in [-0.2, 0) is 25.0 Å². The van der Waals surface area contributed by atoms with Crippen molar-refractivity contribution >= 4 is 0 Å². The molecule has 1 heterocycles. The molecule has 1 aromatic heterocycles. The summed E-state index contributed by atoms with van der Waals surface area (Å²) in [5.74, 6) is 0. The maximum atomic E-state index is 12.2. The number of rotatable bonds is 4. The third-order valence-electron chi connectivity index (χ3n) is 5.12. The molecule has 0 atom stereocenters. The Bertz CT molecular complexity index is 732. The van der Waals surface area contributed by atoms with Gasteiger partial charge in [0.1, 0.15) is 0 Å². The van der Waals surface area contributed by atoms with Crippen LogP contribution in [0.1, 0.15) is 42.5 Å². The quantitative estimate of drug-likeness (QED) is 0.942. The molecular formula is C18H21N3O. The summed E-state index contributed by atoms with van der Waals surface area (Å²) in [5, 5.41) is 8.15. The Morgan fingerprint density at radius 1 is 1.14 bits per heavy atom. The molecule has 1 saturated carbocycles. The summed E-state index contributed by atoms with van der Waals surface area (Å²) in [6.45, 7) is 0.487. The minimum Gasteiger partial charge on any atom is -0.288 e. The molecule has 0 spiro atoms. The number of nitrogens with zero attached hydrogens (tertiary/aromatic N) is 2. The van der Waals surface area contributed by atoms with E-state index in [1.165, 1.54) is 12.0 Å². The van der Waals surface area contributed by atoms with Crippen molar-refractivity contribution in [2.45, 2.75) is 50.7 Å². The average Bonchev–Trinajstić information content (AvgIpc) is 2.94. The Labute approximate surface area is 130 Å². The van der Waals surface area contributed by atoms with Crippen LogP contribution in [0.4, 0.5) is 0 Å². The lowest BCUT2D eigenvalue weighted by atomic mass is 9.72. The number of aromatic nitrogens is 2. The first-order valence-corrected chi connectivity index (χ1v) is 8.17. The first-order chi connectivity index (χ1) is 10.8. The van der Waals surface area contributed by atoms with Gasteiger partial charge in [-0.2, -0.15) is 5.10 Å². The van der Waals surface area contributed by atoms with Gasteiger partial charge in [-0.1, -0.05) is 30.3 Å². The molecule has 0 bridgehead atoms. The molecule has 2 aliphatic rings. The van der Waals surface area contributed by atoms with Gasteiger partial charge < -0.3 is 0 Å². The Kier molecular flexibility index (Phi) is 3.34. The van der Waals surface area contributed by atoms with Gasteiger partial charge in [-0.25, -0.2) is 4.68 Å². The summed E-state index contributed by atoms with van der Waals surface area (Å²) in [6.07, 6.45) is 6.59. The maximum absolute atomic E-state index is 12.2. The molecule has 0 saturated heterocycles. The molecule has 4 rings (SSSR count). The molecule has 2 aromatic rings. The average molecular weight is 295 g/mol. The minimum absolute atomic E-state index is 0.00989. The van der Waals surface area contributed by atoms with Crippen molar-refractivity contribution in [3.8, 4) is 0 Å². The SMILES string of the molecule is O=c1cc2c(nn1CNC1(c3ccccc3)CCC1)CCC2. The van der Waals surface area contributed by atoms with Crippen LogP contribution in [0.15, 0.2) is 41.2 Å². The monoisotopic (exact) mass is 295 g/mol. The van der Waals surface area contributed by atoms with Gasteiger partial charge in [0.05, 0.1) is 12.4 Å². The highest BCUT2D eigenvalue weighted by atomic mass is 16.1. The molecule has 0 unspecified atom stereocenters. The Hall–Kier alpha value is -1.94. The van der Waals surface area contributed by atoms with E-state index in [9.17, 15) is 4.79 Å². The van der Waals surface area contributed by atoms with Crippen LogP contribution >= 0.6 is 0 Å². The van der Waals surface area contributed by atoms with E-state index in [1.807, 2.05) is 6.07 Å². The minimum atomic E-state index is 0.00989. The third kappa shape index (κ3) is 2.28. The molecule has 1 N–H and O–H groups in total. The summed E-state index contributed by atoms with van der Waals surface area (Å²) in [4.78, 5) is 12.2. The first kappa shape index (κ1) is 13.7. The lowest BCUT2D eigenvalue weighted by Crippen LogP contribution is -2.50. The van der Waals surface area contributed by atoms with Crippen LogP contribution in [0.2, 0.25) is 0 Å². The van der Waals surface area contributed by atoms with E-state index in [1.54, 1.807) is 10.7 Å². The molecule has 0 aliphatic heterocycles. The van der Waals surface area contributed by atoms with E-state index in [4.69, 9.17) is 0 Å². The van der Waals surface area contributed by atoms with Gasteiger partial charge in [-0.15, -0.1) is 0 Å². The molecule has 0 radical (unpaired) electrons. The summed E-state index contributed by atoms with van der Waals surface area (Å²) in [6, 6.07) is 12.3. The van der Waals surface area contributed by atoms with Gasteiger partial charge in [0.2, 0.25) is 0 Å². The largest absolute Gasteiger partial charge is 0.288 e. The van der Waals surface area contributed by atoms with E-state index in [-0.39, 0.29) is 11.1 Å². The van der Waals surface area contributed by atoms with Gasteiger partial charge in [-0.3, -0.25) is 10.1 Å². The van der Waals surface area contributed by atoms with Crippen molar-refractivity contribution in [1.29, 1.82) is 0 Å². The number of hydrogen-bond donors (Lipinski definition) is 1. The van der Waals surface area contributed by atoms with E-state index < -0.39 is 0 Å².